The first-order chi connectivity index (χ1) is 9.40. The molecule has 0 aliphatic heterocycles. The lowest BCUT2D eigenvalue weighted by molar-refractivity contribution is 0.598. The van der Waals surface area contributed by atoms with E-state index < -0.39 is 15.8 Å². The van der Waals surface area contributed by atoms with E-state index >= 15 is 0 Å². The van der Waals surface area contributed by atoms with Gasteiger partial charge in [-0.3, -0.25) is 4.72 Å². The zero-order valence-corrected chi connectivity index (χ0v) is 12.1. The summed E-state index contributed by atoms with van der Waals surface area (Å²) in [7, 11) is -3.78. The van der Waals surface area contributed by atoms with E-state index in [4.69, 9.17) is 0 Å². The molecule has 0 saturated carbocycles. The SMILES string of the molecule is CC(C)c1cccc(S(=O)(=O)Nc2ccccc2F)c1. The van der Waals surface area contributed by atoms with Crippen molar-refractivity contribution < 1.29 is 12.8 Å². The third-order valence-electron chi connectivity index (χ3n) is 2.95. The molecule has 0 aliphatic carbocycles. The molecule has 0 saturated heterocycles. The minimum atomic E-state index is -3.78. The molecule has 2 aromatic carbocycles. The van der Waals surface area contributed by atoms with Gasteiger partial charge < -0.3 is 0 Å². The molecule has 0 heterocycles. The second-order valence-electron chi connectivity index (χ2n) is 4.81. The number of para-hydroxylation sites is 1. The number of hydrogen-bond acceptors (Lipinski definition) is 2. The van der Waals surface area contributed by atoms with Crippen LogP contribution in [0.25, 0.3) is 0 Å². The Labute approximate surface area is 118 Å². The van der Waals surface area contributed by atoms with Crippen molar-refractivity contribution in [1.82, 2.24) is 0 Å². The van der Waals surface area contributed by atoms with Crippen molar-refractivity contribution in [3.05, 3.63) is 59.9 Å². The van der Waals surface area contributed by atoms with Crippen LogP contribution in [0.15, 0.2) is 53.4 Å². The highest BCUT2D eigenvalue weighted by molar-refractivity contribution is 7.92. The number of sulfonamides is 1. The Morgan fingerprint density at radius 3 is 2.40 bits per heavy atom. The normalized spacial score (nSPS) is 11.6. The second kappa shape index (κ2) is 5.63. The van der Waals surface area contributed by atoms with Gasteiger partial charge in [0.2, 0.25) is 0 Å². The first-order valence-corrected chi connectivity index (χ1v) is 7.76. The fraction of sp³-hybridized carbons (Fsp3) is 0.200. The monoisotopic (exact) mass is 293 g/mol. The van der Waals surface area contributed by atoms with E-state index in [1.54, 1.807) is 18.2 Å². The number of hydrogen-bond donors (Lipinski definition) is 1. The molecule has 0 aliphatic rings. The van der Waals surface area contributed by atoms with Crippen LogP contribution in [-0.2, 0) is 10.0 Å². The maximum absolute atomic E-state index is 13.5. The Balaban J connectivity index is 2.36. The van der Waals surface area contributed by atoms with E-state index in [9.17, 15) is 12.8 Å². The van der Waals surface area contributed by atoms with Crippen molar-refractivity contribution in [3.8, 4) is 0 Å². The Morgan fingerprint density at radius 1 is 1.05 bits per heavy atom. The summed E-state index contributed by atoms with van der Waals surface area (Å²) in [6.07, 6.45) is 0. The van der Waals surface area contributed by atoms with Gasteiger partial charge >= 0.3 is 0 Å². The van der Waals surface area contributed by atoms with Crippen molar-refractivity contribution in [2.45, 2.75) is 24.7 Å². The van der Waals surface area contributed by atoms with Gasteiger partial charge in [0, 0.05) is 0 Å². The topological polar surface area (TPSA) is 46.2 Å². The van der Waals surface area contributed by atoms with Crippen LogP contribution < -0.4 is 4.72 Å². The summed E-state index contributed by atoms with van der Waals surface area (Å²) in [5.41, 5.74) is 0.865. The van der Waals surface area contributed by atoms with Crippen LogP contribution in [0.3, 0.4) is 0 Å². The highest BCUT2D eigenvalue weighted by atomic mass is 32.2. The van der Waals surface area contributed by atoms with Crippen molar-refractivity contribution >= 4 is 15.7 Å². The zero-order valence-electron chi connectivity index (χ0n) is 11.3. The summed E-state index contributed by atoms with van der Waals surface area (Å²) in [5, 5.41) is 0. The molecule has 2 rings (SSSR count). The number of nitrogens with one attached hydrogen (secondary N) is 1. The fourth-order valence-electron chi connectivity index (χ4n) is 1.79. The van der Waals surface area contributed by atoms with Crippen LogP contribution in [0.1, 0.15) is 25.3 Å². The van der Waals surface area contributed by atoms with E-state index in [0.717, 1.165) is 5.56 Å². The standard InChI is InChI=1S/C15H16FNO2S/c1-11(2)12-6-5-7-13(10-12)20(18,19)17-15-9-4-3-8-14(15)16/h3-11,17H,1-2H3. The highest BCUT2D eigenvalue weighted by Crippen LogP contribution is 2.22. The molecule has 0 radical (unpaired) electrons. The van der Waals surface area contributed by atoms with Crippen LogP contribution >= 0.6 is 0 Å². The molecule has 1 N–H and O–H groups in total. The highest BCUT2D eigenvalue weighted by Gasteiger charge is 2.16. The van der Waals surface area contributed by atoms with Gasteiger partial charge in [0.05, 0.1) is 10.6 Å². The van der Waals surface area contributed by atoms with E-state index in [2.05, 4.69) is 4.72 Å². The predicted molar refractivity (Wildman–Crippen MR) is 77.7 cm³/mol. The van der Waals surface area contributed by atoms with Gasteiger partial charge in [-0.1, -0.05) is 38.1 Å². The number of rotatable bonds is 4. The van der Waals surface area contributed by atoms with E-state index in [1.165, 1.54) is 24.3 Å². The molecular formula is C15H16FNO2S. The number of benzene rings is 2. The maximum Gasteiger partial charge on any atom is 0.261 e. The smallest absolute Gasteiger partial charge is 0.261 e. The average Bonchev–Trinajstić information content (AvgIpc) is 2.41. The second-order valence-corrected chi connectivity index (χ2v) is 6.49. The van der Waals surface area contributed by atoms with Crippen molar-refractivity contribution in [1.29, 1.82) is 0 Å². The predicted octanol–water partition coefficient (Wildman–Crippen LogP) is 3.75. The molecule has 0 unspecified atom stereocenters. The van der Waals surface area contributed by atoms with Crippen molar-refractivity contribution in [2.75, 3.05) is 4.72 Å². The minimum absolute atomic E-state index is 0.0533. The molecule has 0 fully saturated rings. The van der Waals surface area contributed by atoms with E-state index in [1.807, 2.05) is 19.9 Å². The first kappa shape index (κ1) is 14.5. The number of halogens is 1. The summed E-state index contributed by atoms with van der Waals surface area (Å²) in [4.78, 5) is 0.131. The summed E-state index contributed by atoms with van der Waals surface area (Å²) >= 11 is 0. The van der Waals surface area contributed by atoms with E-state index in [0.29, 0.717) is 0 Å². The van der Waals surface area contributed by atoms with Gasteiger partial charge in [-0.2, -0.15) is 0 Å². The Hall–Kier alpha value is -1.88. The quantitative estimate of drug-likeness (QED) is 0.933. The molecule has 0 bridgehead atoms. The zero-order chi connectivity index (χ0) is 14.8. The van der Waals surface area contributed by atoms with Crippen molar-refractivity contribution in [2.24, 2.45) is 0 Å². The van der Waals surface area contributed by atoms with Crippen LogP contribution in [0, 0.1) is 5.82 Å². The Bertz CT molecular complexity index is 711. The minimum Gasteiger partial charge on any atom is -0.277 e. The maximum atomic E-state index is 13.5. The Morgan fingerprint density at radius 2 is 1.75 bits per heavy atom. The van der Waals surface area contributed by atoms with Gasteiger partial charge in [0.15, 0.2) is 0 Å². The Kier molecular flexibility index (Phi) is 4.09. The van der Waals surface area contributed by atoms with Gasteiger partial charge in [0.25, 0.3) is 10.0 Å². The van der Waals surface area contributed by atoms with Crippen LogP contribution in [0.5, 0.6) is 0 Å². The van der Waals surface area contributed by atoms with E-state index in [-0.39, 0.29) is 16.5 Å². The molecule has 0 atom stereocenters. The average molecular weight is 293 g/mol. The molecule has 106 valence electrons. The summed E-state index contributed by atoms with van der Waals surface area (Å²) in [6, 6.07) is 12.3. The van der Waals surface area contributed by atoms with Crippen LogP contribution in [-0.4, -0.2) is 8.42 Å². The molecule has 20 heavy (non-hydrogen) atoms. The molecule has 2 aromatic rings. The molecule has 0 amide bonds. The largest absolute Gasteiger partial charge is 0.277 e. The molecule has 0 aromatic heterocycles. The lowest BCUT2D eigenvalue weighted by Gasteiger charge is -2.11. The molecule has 3 nitrogen and oxygen atoms in total. The summed E-state index contributed by atoms with van der Waals surface area (Å²) in [6.45, 7) is 3.96. The third kappa shape index (κ3) is 3.17. The molecule has 5 heteroatoms. The van der Waals surface area contributed by atoms with Crippen LogP contribution in [0.4, 0.5) is 10.1 Å². The van der Waals surface area contributed by atoms with Gasteiger partial charge in [-0.15, -0.1) is 0 Å². The van der Waals surface area contributed by atoms with Gasteiger partial charge in [-0.25, -0.2) is 12.8 Å². The lowest BCUT2D eigenvalue weighted by atomic mass is 10.0. The molecule has 0 spiro atoms. The fourth-order valence-corrected chi connectivity index (χ4v) is 2.91. The lowest BCUT2D eigenvalue weighted by Crippen LogP contribution is -2.14. The van der Waals surface area contributed by atoms with Crippen LogP contribution in [0.2, 0.25) is 0 Å². The summed E-state index contributed by atoms with van der Waals surface area (Å²) in [5.74, 6) is -0.380. The van der Waals surface area contributed by atoms with Gasteiger partial charge in [0.1, 0.15) is 5.82 Å². The van der Waals surface area contributed by atoms with Crippen molar-refractivity contribution in [3.63, 3.8) is 0 Å². The summed E-state index contributed by atoms with van der Waals surface area (Å²) < 4.78 is 40.3. The van der Waals surface area contributed by atoms with Gasteiger partial charge in [-0.05, 0) is 35.7 Å². The first-order valence-electron chi connectivity index (χ1n) is 6.27. The third-order valence-corrected chi connectivity index (χ3v) is 4.32. The molecular weight excluding hydrogens is 277 g/mol. The number of anilines is 1.